The molecule has 4 nitrogen and oxygen atoms in total. The van der Waals surface area contributed by atoms with Crippen molar-refractivity contribution in [3.05, 3.63) is 19.4 Å². The standard InChI is InChI=1S/C9H15N4/c1-11-3-5-13(6-4-11)9-7-10-12(2)8-9/h7-8H,1,3-6H2,2H3/q-1. The summed E-state index contributed by atoms with van der Waals surface area (Å²) in [6.07, 6.45) is 3.97. The summed E-state index contributed by atoms with van der Waals surface area (Å²) < 4.78 is 1.84. The van der Waals surface area contributed by atoms with Crippen LogP contribution in [0.2, 0.25) is 0 Å². The molecule has 1 fully saturated rings. The van der Waals surface area contributed by atoms with Gasteiger partial charge in [0.05, 0.1) is 11.9 Å². The fraction of sp³-hybridized carbons (Fsp3) is 0.556. The summed E-state index contributed by atoms with van der Waals surface area (Å²) in [7, 11) is 5.86. The average molecular weight is 179 g/mol. The molecule has 0 aliphatic carbocycles. The molecule has 2 rings (SSSR count). The Morgan fingerprint density at radius 1 is 1.31 bits per heavy atom. The number of aryl methyl sites for hydroxylation is 1. The molecular weight excluding hydrogens is 164 g/mol. The molecule has 0 spiro atoms. The van der Waals surface area contributed by atoms with Gasteiger partial charge in [-0.3, -0.25) is 11.7 Å². The second-order valence-electron chi connectivity index (χ2n) is 3.48. The minimum absolute atomic E-state index is 1.04. The lowest BCUT2D eigenvalue weighted by Crippen LogP contribution is -2.43. The maximum absolute atomic E-state index is 4.16. The van der Waals surface area contributed by atoms with Crippen LogP contribution in [0.3, 0.4) is 0 Å². The number of hydrogen-bond acceptors (Lipinski definition) is 3. The van der Waals surface area contributed by atoms with Crippen LogP contribution in [-0.4, -0.2) is 40.9 Å². The van der Waals surface area contributed by atoms with Crippen LogP contribution in [0.15, 0.2) is 12.4 Å². The van der Waals surface area contributed by atoms with Crippen LogP contribution in [0.1, 0.15) is 0 Å². The molecule has 1 aromatic heterocycles. The molecule has 72 valence electrons. The number of anilines is 1. The summed E-state index contributed by atoms with van der Waals surface area (Å²) in [6, 6.07) is 0. The van der Waals surface area contributed by atoms with Gasteiger partial charge in [0.25, 0.3) is 0 Å². The zero-order chi connectivity index (χ0) is 9.26. The second-order valence-corrected chi connectivity index (χ2v) is 3.48. The van der Waals surface area contributed by atoms with Crippen LogP contribution in [0, 0.1) is 7.05 Å². The number of piperazine rings is 1. The highest BCUT2D eigenvalue weighted by molar-refractivity contribution is 5.42. The molecule has 1 aliphatic rings. The summed E-state index contributed by atoms with van der Waals surface area (Å²) in [5, 5.41) is 4.16. The monoisotopic (exact) mass is 179 g/mol. The van der Waals surface area contributed by atoms with Gasteiger partial charge in [-0.25, -0.2) is 0 Å². The van der Waals surface area contributed by atoms with Gasteiger partial charge in [0.15, 0.2) is 0 Å². The molecule has 1 aromatic rings. The Hall–Kier alpha value is -1.03. The third-order valence-corrected chi connectivity index (χ3v) is 2.43. The van der Waals surface area contributed by atoms with Crippen molar-refractivity contribution in [1.29, 1.82) is 0 Å². The van der Waals surface area contributed by atoms with Crippen molar-refractivity contribution >= 4 is 5.69 Å². The van der Waals surface area contributed by atoms with Crippen LogP contribution in [-0.2, 0) is 7.05 Å². The van der Waals surface area contributed by atoms with E-state index in [1.165, 1.54) is 5.69 Å². The molecule has 0 N–H and O–H groups in total. The molecule has 4 heteroatoms. The third-order valence-electron chi connectivity index (χ3n) is 2.43. The van der Waals surface area contributed by atoms with Gasteiger partial charge in [0.1, 0.15) is 0 Å². The topological polar surface area (TPSA) is 24.3 Å². The van der Waals surface area contributed by atoms with Crippen LogP contribution < -0.4 is 4.90 Å². The van der Waals surface area contributed by atoms with Crippen molar-refractivity contribution in [3.8, 4) is 0 Å². The van der Waals surface area contributed by atoms with Crippen LogP contribution in [0.25, 0.3) is 0 Å². The number of rotatable bonds is 1. The zero-order valence-electron chi connectivity index (χ0n) is 7.98. The highest BCUT2D eigenvalue weighted by Gasteiger charge is 2.12. The number of aromatic nitrogens is 2. The van der Waals surface area contributed by atoms with E-state index < -0.39 is 0 Å². The molecule has 2 heterocycles. The van der Waals surface area contributed by atoms with Gasteiger partial charge in [-0.2, -0.15) is 5.10 Å². The molecule has 0 unspecified atom stereocenters. The first kappa shape index (κ1) is 8.56. The Labute approximate surface area is 78.7 Å². The van der Waals surface area contributed by atoms with Crippen molar-refractivity contribution in [3.63, 3.8) is 0 Å². The molecule has 0 aromatic carbocycles. The van der Waals surface area contributed by atoms with Crippen LogP contribution in [0.4, 0.5) is 5.69 Å². The fourth-order valence-corrected chi connectivity index (χ4v) is 1.58. The lowest BCUT2D eigenvalue weighted by Gasteiger charge is -2.37. The number of hydrogen-bond donors (Lipinski definition) is 0. The van der Waals surface area contributed by atoms with E-state index in [0.29, 0.717) is 0 Å². The van der Waals surface area contributed by atoms with E-state index in [2.05, 4.69) is 28.1 Å². The van der Waals surface area contributed by atoms with Crippen LogP contribution in [0.5, 0.6) is 0 Å². The minimum atomic E-state index is 1.04. The first-order chi connectivity index (χ1) is 6.25. The van der Waals surface area contributed by atoms with Crippen molar-refractivity contribution in [2.24, 2.45) is 7.05 Å². The molecular formula is C9H15N4-. The Morgan fingerprint density at radius 3 is 2.54 bits per heavy atom. The third kappa shape index (κ3) is 1.83. The highest BCUT2D eigenvalue weighted by Crippen LogP contribution is 2.13. The highest BCUT2D eigenvalue weighted by atomic mass is 15.3. The second kappa shape index (κ2) is 3.38. The van der Waals surface area contributed by atoms with Crippen molar-refractivity contribution in [2.45, 2.75) is 0 Å². The molecule has 0 radical (unpaired) electrons. The quantitative estimate of drug-likeness (QED) is 0.581. The fourth-order valence-electron chi connectivity index (χ4n) is 1.58. The normalized spacial score (nSPS) is 19.4. The molecule has 0 amide bonds. The Morgan fingerprint density at radius 2 is 2.00 bits per heavy atom. The van der Waals surface area contributed by atoms with Crippen molar-refractivity contribution in [1.82, 2.24) is 14.7 Å². The first-order valence-corrected chi connectivity index (χ1v) is 4.55. The van der Waals surface area contributed by atoms with Gasteiger partial charge in [0.2, 0.25) is 0 Å². The SMILES string of the molecule is [CH2-]N1CCN(c2cnn(C)c2)CC1. The maximum Gasteiger partial charge on any atom is 0.0753 e. The Balaban J connectivity index is 2.02. The van der Waals surface area contributed by atoms with Gasteiger partial charge in [0, 0.05) is 26.3 Å². The lowest BCUT2D eigenvalue weighted by atomic mass is 10.3. The van der Waals surface area contributed by atoms with E-state index in [1.807, 2.05) is 17.9 Å². The van der Waals surface area contributed by atoms with E-state index in [4.69, 9.17) is 0 Å². The van der Waals surface area contributed by atoms with Gasteiger partial charge in [-0.05, 0) is 13.1 Å². The van der Waals surface area contributed by atoms with Gasteiger partial charge < -0.3 is 9.80 Å². The summed E-state index contributed by atoms with van der Waals surface area (Å²) in [6.45, 7) is 4.17. The van der Waals surface area contributed by atoms with E-state index in [1.54, 1.807) is 0 Å². The Kier molecular flexibility index (Phi) is 2.22. The van der Waals surface area contributed by atoms with Crippen molar-refractivity contribution in [2.75, 3.05) is 31.1 Å². The minimum Gasteiger partial charge on any atom is -0.456 e. The summed E-state index contributed by atoms with van der Waals surface area (Å²) in [4.78, 5) is 4.45. The maximum atomic E-state index is 4.16. The largest absolute Gasteiger partial charge is 0.456 e. The summed E-state index contributed by atoms with van der Waals surface area (Å²) >= 11 is 0. The van der Waals surface area contributed by atoms with E-state index >= 15 is 0 Å². The molecule has 1 aliphatic heterocycles. The first-order valence-electron chi connectivity index (χ1n) is 4.55. The number of nitrogens with zero attached hydrogens (tertiary/aromatic N) is 4. The van der Waals surface area contributed by atoms with E-state index in [-0.39, 0.29) is 0 Å². The lowest BCUT2D eigenvalue weighted by molar-refractivity contribution is 0.344. The zero-order valence-corrected chi connectivity index (χ0v) is 7.98. The Bertz CT molecular complexity index is 273. The van der Waals surface area contributed by atoms with E-state index in [9.17, 15) is 0 Å². The van der Waals surface area contributed by atoms with Gasteiger partial charge in [-0.1, -0.05) is 0 Å². The predicted molar refractivity (Wildman–Crippen MR) is 52.4 cm³/mol. The molecule has 0 atom stereocenters. The van der Waals surface area contributed by atoms with E-state index in [0.717, 1.165) is 26.2 Å². The van der Waals surface area contributed by atoms with Crippen LogP contribution >= 0.6 is 0 Å². The predicted octanol–water partition coefficient (Wildman–Crippen LogP) is 0.334. The molecule has 1 saturated heterocycles. The molecule has 13 heavy (non-hydrogen) atoms. The van der Waals surface area contributed by atoms with Gasteiger partial charge in [-0.15, -0.1) is 0 Å². The van der Waals surface area contributed by atoms with Crippen molar-refractivity contribution < 1.29 is 0 Å². The average Bonchev–Trinajstić information content (AvgIpc) is 2.53. The smallest absolute Gasteiger partial charge is 0.0753 e. The summed E-state index contributed by atoms with van der Waals surface area (Å²) in [5.74, 6) is 0. The molecule has 0 saturated carbocycles. The summed E-state index contributed by atoms with van der Waals surface area (Å²) in [5.41, 5.74) is 1.22. The van der Waals surface area contributed by atoms with Gasteiger partial charge >= 0.3 is 0 Å². The molecule has 0 bridgehead atoms.